The van der Waals surface area contributed by atoms with Crippen molar-refractivity contribution >= 4 is 11.8 Å². The fourth-order valence-electron chi connectivity index (χ4n) is 2.11. The molecule has 1 aromatic rings. The Balaban J connectivity index is 2.56. The van der Waals surface area contributed by atoms with Gasteiger partial charge in [-0.2, -0.15) is 11.8 Å². The van der Waals surface area contributed by atoms with Gasteiger partial charge in [-0.3, -0.25) is 0 Å². The molecule has 0 aliphatic carbocycles. The van der Waals surface area contributed by atoms with Gasteiger partial charge in [-0.25, -0.2) is 0 Å². The minimum Gasteiger partial charge on any atom is -0.316 e. The smallest absolute Gasteiger partial charge is 0.0195 e. The number of benzene rings is 1. The van der Waals surface area contributed by atoms with Gasteiger partial charge in [0.05, 0.1) is 0 Å². The number of likely N-dealkylation sites (N-methyl/N-ethyl adjacent to an activating group) is 1. The van der Waals surface area contributed by atoms with Gasteiger partial charge in [0.15, 0.2) is 0 Å². The average molecular weight is 265 g/mol. The Bertz CT molecular complexity index is 342. The van der Waals surface area contributed by atoms with E-state index < -0.39 is 0 Å². The van der Waals surface area contributed by atoms with Crippen LogP contribution in [-0.2, 0) is 6.42 Å². The summed E-state index contributed by atoms with van der Waals surface area (Å²) >= 11 is 2.07. The van der Waals surface area contributed by atoms with Crippen LogP contribution in [0.2, 0.25) is 0 Å². The van der Waals surface area contributed by atoms with Crippen LogP contribution in [0, 0.1) is 13.8 Å². The first-order valence-electron chi connectivity index (χ1n) is 6.91. The quantitative estimate of drug-likeness (QED) is 0.800. The number of hydrogen-bond donors (Lipinski definition) is 1. The van der Waals surface area contributed by atoms with Gasteiger partial charge in [0, 0.05) is 17.0 Å². The molecule has 0 aromatic heterocycles. The lowest BCUT2D eigenvalue weighted by atomic mass is 10.0. The third-order valence-corrected chi connectivity index (χ3v) is 4.83. The first kappa shape index (κ1) is 15.6. The van der Waals surface area contributed by atoms with Gasteiger partial charge in [0.25, 0.3) is 0 Å². The molecule has 0 saturated heterocycles. The van der Waals surface area contributed by atoms with Crippen molar-refractivity contribution in [2.45, 2.75) is 51.8 Å². The van der Waals surface area contributed by atoms with Crippen LogP contribution in [-0.4, -0.2) is 24.1 Å². The summed E-state index contributed by atoms with van der Waals surface area (Å²) in [5.41, 5.74) is 4.19. The van der Waals surface area contributed by atoms with Crippen molar-refractivity contribution in [1.82, 2.24) is 5.32 Å². The van der Waals surface area contributed by atoms with E-state index in [0.29, 0.717) is 6.04 Å². The van der Waals surface area contributed by atoms with E-state index in [4.69, 9.17) is 0 Å². The summed E-state index contributed by atoms with van der Waals surface area (Å²) in [4.78, 5) is 0. The Hall–Kier alpha value is -0.470. The van der Waals surface area contributed by atoms with Crippen LogP contribution >= 0.6 is 11.8 Å². The molecule has 0 radical (unpaired) electrons. The molecule has 1 N–H and O–H groups in total. The molecule has 1 aromatic carbocycles. The second kappa shape index (κ2) is 7.85. The van der Waals surface area contributed by atoms with Crippen molar-refractivity contribution in [3.8, 4) is 0 Å². The topological polar surface area (TPSA) is 12.0 Å². The lowest BCUT2D eigenvalue weighted by Gasteiger charge is -2.18. The van der Waals surface area contributed by atoms with Gasteiger partial charge in [-0.15, -0.1) is 0 Å². The molecule has 0 fully saturated rings. The molecule has 0 amide bonds. The Labute approximate surface area is 117 Å². The van der Waals surface area contributed by atoms with Gasteiger partial charge < -0.3 is 5.32 Å². The van der Waals surface area contributed by atoms with Crippen LogP contribution in [0.25, 0.3) is 0 Å². The number of nitrogens with one attached hydrogen (secondary N) is 1. The van der Waals surface area contributed by atoms with Crippen molar-refractivity contribution in [2.75, 3.05) is 12.8 Å². The maximum absolute atomic E-state index is 3.45. The fourth-order valence-corrected chi connectivity index (χ4v) is 3.20. The standard InChI is InChI=1S/C16H27NS/c1-6-14(4)18-11-16(17-5)10-15-8-12(2)7-13(3)9-15/h7-9,14,16-17H,6,10-11H2,1-5H3. The van der Waals surface area contributed by atoms with Crippen LogP contribution < -0.4 is 5.32 Å². The molecule has 0 spiro atoms. The molecule has 2 heteroatoms. The van der Waals surface area contributed by atoms with Crippen LogP contribution in [0.4, 0.5) is 0 Å². The van der Waals surface area contributed by atoms with Crippen LogP contribution in [0.1, 0.15) is 37.0 Å². The molecule has 0 aliphatic rings. The first-order valence-corrected chi connectivity index (χ1v) is 7.96. The largest absolute Gasteiger partial charge is 0.316 e. The number of aryl methyl sites for hydroxylation is 2. The third-order valence-electron chi connectivity index (χ3n) is 3.33. The summed E-state index contributed by atoms with van der Waals surface area (Å²) in [7, 11) is 2.07. The SMILES string of the molecule is CCC(C)SCC(Cc1cc(C)cc(C)c1)NC. The van der Waals surface area contributed by atoms with Gasteiger partial charge in [0.2, 0.25) is 0 Å². The average Bonchev–Trinajstić information content (AvgIpc) is 2.32. The number of thioether (sulfide) groups is 1. The molecule has 18 heavy (non-hydrogen) atoms. The molecule has 1 nitrogen and oxygen atoms in total. The highest BCUT2D eigenvalue weighted by atomic mass is 32.2. The second-order valence-electron chi connectivity index (χ2n) is 5.24. The van der Waals surface area contributed by atoms with E-state index in [2.05, 4.69) is 70.0 Å². The van der Waals surface area contributed by atoms with Crippen molar-refractivity contribution < 1.29 is 0 Å². The highest BCUT2D eigenvalue weighted by molar-refractivity contribution is 7.99. The molecule has 0 heterocycles. The zero-order valence-corrected chi connectivity index (χ0v) is 13.2. The molecule has 2 atom stereocenters. The predicted molar refractivity (Wildman–Crippen MR) is 84.7 cm³/mol. The van der Waals surface area contributed by atoms with E-state index in [1.807, 2.05) is 0 Å². The molecule has 102 valence electrons. The van der Waals surface area contributed by atoms with Crippen LogP contribution in [0.3, 0.4) is 0 Å². The zero-order chi connectivity index (χ0) is 13.5. The number of hydrogen-bond acceptors (Lipinski definition) is 2. The highest BCUT2D eigenvalue weighted by Crippen LogP contribution is 2.17. The minimum atomic E-state index is 0.574. The summed E-state index contributed by atoms with van der Waals surface area (Å²) in [6.45, 7) is 8.93. The minimum absolute atomic E-state index is 0.574. The molecule has 2 unspecified atom stereocenters. The highest BCUT2D eigenvalue weighted by Gasteiger charge is 2.10. The maximum Gasteiger partial charge on any atom is 0.0195 e. The second-order valence-corrected chi connectivity index (χ2v) is 6.71. The molecule has 0 bridgehead atoms. The van der Waals surface area contributed by atoms with E-state index in [0.717, 1.165) is 11.7 Å². The predicted octanol–water partition coefficient (Wildman–Crippen LogP) is 3.97. The van der Waals surface area contributed by atoms with Gasteiger partial charge in [0.1, 0.15) is 0 Å². The zero-order valence-electron chi connectivity index (χ0n) is 12.4. The van der Waals surface area contributed by atoms with Gasteiger partial charge >= 0.3 is 0 Å². The molecule has 0 saturated carbocycles. The Morgan fingerprint density at radius 2 is 1.78 bits per heavy atom. The summed E-state index contributed by atoms with van der Waals surface area (Å²) in [5, 5.41) is 4.21. The molecular formula is C16H27NS. The van der Waals surface area contributed by atoms with Crippen LogP contribution in [0.15, 0.2) is 18.2 Å². The maximum atomic E-state index is 3.45. The van der Waals surface area contributed by atoms with Crippen molar-refractivity contribution in [1.29, 1.82) is 0 Å². The summed E-state index contributed by atoms with van der Waals surface area (Å²) in [6, 6.07) is 7.44. The lowest BCUT2D eigenvalue weighted by molar-refractivity contribution is 0.615. The normalized spacial score (nSPS) is 14.5. The Morgan fingerprint density at radius 3 is 2.28 bits per heavy atom. The molecular weight excluding hydrogens is 238 g/mol. The number of rotatable bonds is 7. The molecule has 1 rings (SSSR count). The fraction of sp³-hybridized carbons (Fsp3) is 0.625. The van der Waals surface area contributed by atoms with E-state index in [9.17, 15) is 0 Å². The summed E-state index contributed by atoms with van der Waals surface area (Å²) in [6.07, 6.45) is 2.38. The van der Waals surface area contributed by atoms with Crippen molar-refractivity contribution in [2.24, 2.45) is 0 Å². The van der Waals surface area contributed by atoms with E-state index >= 15 is 0 Å². The summed E-state index contributed by atoms with van der Waals surface area (Å²) < 4.78 is 0. The van der Waals surface area contributed by atoms with Gasteiger partial charge in [-0.1, -0.05) is 43.2 Å². The lowest BCUT2D eigenvalue weighted by Crippen LogP contribution is -2.30. The van der Waals surface area contributed by atoms with Crippen molar-refractivity contribution in [3.63, 3.8) is 0 Å². The summed E-state index contributed by atoms with van der Waals surface area (Å²) in [5.74, 6) is 1.19. The Kier molecular flexibility index (Phi) is 6.80. The van der Waals surface area contributed by atoms with Crippen molar-refractivity contribution in [3.05, 3.63) is 34.9 Å². The van der Waals surface area contributed by atoms with Crippen LogP contribution in [0.5, 0.6) is 0 Å². The van der Waals surface area contributed by atoms with E-state index in [1.165, 1.54) is 28.9 Å². The molecule has 0 aliphatic heterocycles. The van der Waals surface area contributed by atoms with Gasteiger partial charge in [-0.05, 0) is 39.3 Å². The first-order chi connectivity index (χ1) is 8.55. The van der Waals surface area contributed by atoms with E-state index in [-0.39, 0.29) is 0 Å². The van der Waals surface area contributed by atoms with E-state index in [1.54, 1.807) is 0 Å². The Morgan fingerprint density at radius 1 is 1.17 bits per heavy atom. The third kappa shape index (κ3) is 5.45. The monoisotopic (exact) mass is 265 g/mol.